The number of fused-ring (bicyclic) bond motifs is 1. The quantitative estimate of drug-likeness (QED) is 0.393. The Bertz CT molecular complexity index is 1110. The molecule has 10 nitrogen and oxygen atoms in total. The first-order valence-corrected chi connectivity index (χ1v) is 13.1. The number of barbiturate groups is 1. The zero-order chi connectivity index (χ0) is 27.1. The Hall–Kier alpha value is -2.61. The summed E-state index contributed by atoms with van der Waals surface area (Å²) in [5.41, 5.74) is 0.228. The van der Waals surface area contributed by atoms with Crippen LogP contribution in [-0.2, 0) is 36.9 Å². The molecule has 1 aromatic carbocycles. The third-order valence-electron chi connectivity index (χ3n) is 6.53. The van der Waals surface area contributed by atoms with Crippen molar-refractivity contribution in [2.75, 3.05) is 19.8 Å². The molecular weight excluding hydrogens is 512 g/mol. The molecule has 0 saturated carbocycles. The number of nitrogens with one attached hydrogen (secondary N) is 2. The van der Waals surface area contributed by atoms with Crippen LogP contribution in [0.3, 0.4) is 0 Å². The van der Waals surface area contributed by atoms with Crippen molar-refractivity contribution in [3.63, 3.8) is 0 Å². The molecule has 0 bridgehead atoms. The molecule has 4 unspecified atom stereocenters. The SMILES string of the molecule is CC(C)(C)[S+]([O-])NC(c1cc2c(cc1F)CCO2)C(F)C(=O)C1C(=O)NC(=O)N(C2CCOCC2)C1=O. The minimum atomic E-state index is -2.66. The maximum absolute atomic E-state index is 16.0. The van der Waals surface area contributed by atoms with E-state index in [2.05, 4.69) is 4.72 Å². The second kappa shape index (κ2) is 10.6. The van der Waals surface area contributed by atoms with E-state index >= 15 is 8.78 Å². The van der Waals surface area contributed by atoms with Gasteiger partial charge in [-0.3, -0.25) is 24.6 Å². The van der Waals surface area contributed by atoms with Crippen LogP contribution >= 0.6 is 0 Å². The molecule has 0 radical (unpaired) electrons. The van der Waals surface area contributed by atoms with Crippen molar-refractivity contribution in [3.05, 3.63) is 29.1 Å². The van der Waals surface area contributed by atoms with Crippen molar-refractivity contribution in [2.24, 2.45) is 5.92 Å². The van der Waals surface area contributed by atoms with Gasteiger partial charge in [0.05, 0.1) is 6.61 Å². The second-order valence-corrected chi connectivity index (χ2v) is 12.1. The first-order chi connectivity index (χ1) is 17.4. The molecule has 37 heavy (non-hydrogen) atoms. The van der Waals surface area contributed by atoms with Crippen LogP contribution in [0.5, 0.6) is 5.75 Å². The number of carbonyl (C=O) groups excluding carboxylic acids is 4. The highest BCUT2D eigenvalue weighted by Crippen LogP contribution is 2.35. The van der Waals surface area contributed by atoms with Crippen molar-refractivity contribution < 1.29 is 42.0 Å². The fourth-order valence-electron chi connectivity index (χ4n) is 4.47. The average molecular weight is 542 g/mol. The molecular formula is C24H29F2N3O7S. The van der Waals surface area contributed by atoms with E-state index in [1.54, 1.807) is 20.8 Å². The molecule has 202 valence electrons. The van der Waals surface area contributed by atoms with Gasteiger partial charge >= 0.3 is 6.03 Å². The summed E-state index contributed by atoms with van der Waals surface area (Å²) in [4.78, 5) is 52.3. The minimum absolute atomic E-state index is 0.268. The van der Waals surface area contributed by atoms with Crippen LogP contribution in [0.4, 0.5) is 13.6 Å². The number of benzene rings is 1. The number of halogens is 2. The summed E-state index contributed by atoms with van der Waals surface area (Å²) < 4.78 is 56.3. The molecule has 3 heterocycles. The molecule has 4 atom stereocenters. The van der Waals surface area contributed by atoms with Gasteiger partial charge in [0.15, 0.2) is 17.9 Å². The number of ether oxygens (including phenoxy) is 2. The molecule has 2 N–H and O–H groups in total. The van der Waals surface area contributed by atoms with Crippen molar-refractivity contribution in [2.45, 2.75) is 63.0 Å². The summed E-state index contributed by atoms with van der Waals surface area (Å²) in [7, 11) is 0. The molecule has 4 amide bonds. The van der Waals surface area contributed by atoms with Gasteiger partial charge in [-0.25, -0.2) is 13.6 Å². The Morgan fingerprint density at radius 1 is 1.22 bits per heavy atom. The Balaban J connectivity index is 1.67. The first kappa shape index (κ1) is 27.4. The van der Waals surface area contributed by atoms with Crippen molar-refractivity contribution >= 4 is 35.0 Å². The maximum Gasteiger partial charge on any atom is 0.331 e. The second-order valence-electron chi connectivity index (χ2n) is 10.1. The molecule has 13 heteroatoms. The van der Waals surface area contributed by atoms with E-state index in [0.717, 1.165) is 11.0 Å². The predicted octanol–water partition coefficient (Wildman–Crippen LogP) is 1.63. The van der Waals surface area contributed by atoms with Crippen LogP contribution in [0.15, 0.2) is 12.1 Å². The zero-order valence-corrected chi connectivity index (χ0v) is 21.5. The summed E-state index contributed by atoms with van der Waals surface area (Å²) in [6.45, 7) is 5.63. The topological polar surface area (TPSA) is 137 Å². The number of imide groups is 2. The number of carbonyl (C=O) groups is 4. The highest BCUT2D eigenvalue weighted by atomic mass is 32.2. The number of alkyl halides is 1. The van der Waals surface area contributed by atoms with Gasteiger partial charge in [-0.1, -0.05) is 0 Å². The summed E-state index contributed by atoms with van der Waals surface area (Å²) in [6.07, 6.45) is -1.63. The van der Waals surface area contributed by atoms with Gasteiger partial charge in [0.25, 0.3) is 5.91 Å². The third kappa shape index (κ3) is 5.49. The number of rotatable bonds is 7. The molecule has 1 aromatic rings. The van der Waals surface area contributed by atoms with Crippen LogP contribution in [0.2, 0.25) is 0 Å². The largest absolute Gasteiger partial charge is 0.598 e. The highest BCUT2D eigenvalue weighted by molar-refractivity contribution is 7.90. The van der Waals surface area contributed by atoms with Crippen molar-refractivity contribution in [3.8, 4) is 5.75 Å². The van der Waals surface area contributed by atoms with Gasteiger partial charge in [-0.15, -0.1) is 4.72 Å². The average Bonchev–Trinajstić information content (AvgIpc) is 3.28. The number of Topliss-reactive ketones (excluding diaryl/α,β-unsaturated/α-hetero) is 1. The number of nitrogens with zero attached hydrogens (tertiary/aromatic N) is 1. The maximum atomic E-state index is 16.0. The minimum Gasteiger partial charge on any atom is -0.598 e. The fourth-order valence-corrected chi connectivity index (χ4v) is 5.31. The van der Waals surface area contributed by atoms with Crippen LogP contribution in [0, 0.1) is 11.7 Å². The fraction of sp³-hybridized carbons (Fsp3) is 0.583. The van der Waals surface area contributed by atoms with E-state index < -0.39 is 69.7 Å². The summed E-state index contributed by atoms with van der Waals surface area (Å²) >= 11 is -1.96. The lowest BCUT2D eigenvalue weighted by atomic mass is 9.89. The molecule has 0 aliphatic carbocycles. The van der Waals surface area contributed by atoms with Gasteiger partial charge in [0.2, 0.25) is 5.91 Å². The third-order valence-corrected chi connectivity index (χ3v) is 8.11. The van der Waals surface area contributed by atoms with Gasteiger partial charge in [0, 0.05) is 48.2 Å². The summed E-state index contributed by atoms with van der Waals surface area (Å²) in [5, 5.41) is 1.96. The highest BCUT2D eigenvalue weighted by Gasteiger charge is 2.51. The summed E-state index contributed by atoms with van der Waals surface area (Å²) in [5.74, 6) is -6.62. The van der Waals surface area contributed by atoms with Crippen molar-refractivity contribution in [1.29, 1.82) is 0 Å². The Labute approximate surface area is 215 Å². The number of amides is 4. The molecule has 4 rings (SSSR count). The number of urea groups is 1. The number of hydrogen-bond acceptors (Lipinski definition) is 8. The van der Waals surface area contributed by atoms with Crippen molar-refractivity contribution in [1.82, 2.24) is 14.9 Å². The standard InChI is InChI=1S/C24H29F2N3O7S/c1-24(2,3)37(34)28-19(14-11-16-12(4-9-36-16)10-15(14)25)18(26)20(30)17-21(31)27-23(33)29(22(17)32)13-5-7-35-8-6-13/h10-11,13,17-19,28H,4-9H2,1-3H3,(H,27,31,33). The molecule has 3 aliphatic heterocycles. The molecule has 3 aliphatic rings. The summed E-state index contributed by atoms with van der Waals surface area (Å²) in [6, 6.07) is -1.04. The van der Waals surface area contributed by atoms with Crippen LogP contribution in [0.25, 0.3) is 0 Å². The van der Waals surface area contributed by atoms with E-state index in [-0.39, 0.29) is 18.8 Å². The Morgan fingerprint density at radius 3 is 2.54 bits per heavy atom. The van der Waals surface area contributed by atoms with Crippen LogP contribution < -0.4 is 14.8 Å². The Kier molecular flexibility index (Phi) is 7.88. The van der Waals surface area contributed by atoms with Gasteiger partial charge < -0.3 is 14.0 Å². The lowest BCUT2D eigenvalue weighted by Gasteiger charge is -2.37. The molecule has 2 fully saturated rings. The van der Waals surface area contributed by atoms with E-state index in [1.165, 1.54) is 6.07 Å². The van der Waals surface area contributed by atoms with Crippen LogP contribution in [-0.4, -0.2) is 69.9 Å². The predicted molar refractivity (Wildman–Crippen MR) is 127 cm³/mol. The number of ketones is 1. The normalized spacial score (nSPS) is 23.2. The monoisotopic (exact) mass is 541 g/mol. The molecule has 0 spiro atoms. The van der Waals surface area contributed by atoms with E-state index in [4.69, 9.17) is 9.47 Å². The molecule has 2 saturated heterocycles. The lowest BCUT2D eigenvalue weighted by Crippen LogP contribution is -2.64. The van der Waals surface area contributed by atoms with Gasteiger partial charge in [-0.05, 0) is 45.7 Å². The van der Waals surface area contributed by atoms with Gasteiger partial charge in [-0.2, -0.15) is 0 Å². The van der Waals surface area contributed by atoms with E-state index in [9.17, 15) is 23.7 Å². The number of hydrogen-bond donors (Lipinski definition) is 2. The molecule has 0 aromatic heterocycles. The Morgan fingerprint density at radius 2 is 1.89 bits per heavy atom. The zero-order valence-electron chi connectivity index (χ0n) is 20.7. The lowest BCUT2D eigenvalue weighted by molar-refractivity contribution is -0.151. The smallest absolute Gasteiger partial charge is 0.331 e. The first-order valence-electron chi connectivity index (χ1n) is 12.0. The van der Waals surface area contributed by atoms with Gasteiger partial charge in [0.1, 0.15) is 22.4 Å². The van der Waals surface area contributed by atoms with E-state index in [1.807, 2.05) is 5.32 Å². The van der Waals surface area contributed by atoms with E-state index in [0.29, 0.717) is 37.2 Å². The van der Waals surface area contributed by atoms with Crippen LogP contribution in [0.1, 0.15) is 50.8 Å².